The number of hydrogen-bond donors (Lipinski definition) is 3. The van der Waals surface area contributed by atoms with E-state index in [2.05, 4.69) is 31.0 Å². The van der Waals surface area contributed by atoms with E-state index < -0.39 is 0 Å². The summed E-state index contributed by atoms with van der Waals surface area (Å²) in [5.74, 6) is 0.637. The molecule has 2 aromatic heterocycles. The summed E-state index contributed by atoms with van der Waals surface area (Å²) >= 11 is 0. The summed E-state index contributed by atoms with van der Waals surface area (Å²) in [6, 6.07) is 16.8. The van der Waals surface area contributed by atoms with Gasteiger partial charge in [-0.1, -0.05) is 0 Å². The summed E-state index contributed by atoms with van der Waals surface area (Å²) in [6.07, 6.45) is 0. The molecule has 0 unspecified atom stereocenters. The largest absolute Gasteiger partial charge is 0.354 e. The van der Waals surface area contributed by atoms with E-state index in [1.165, 1.54) is 16.8 Å². The van der Waals surface area contributed by atoms with Crippen LogP contribution in [0.1, 0.15) is 23.1 Å². The standard InChI is InChI=1S/C24H24FN7O/c1-4-26-24-27-15(2)13-22(30-24)28-18-9-11-19(12-10-18)29-23(33)21-14-20(31-32(21)3)16-5-7-17(25)8-6-16/h5-14H,4H2,1-3H3,(H,29,33)(H2,26,27,28,30). The molecule has 0 fully saturated rings. The van der Waals surface area contributed by atoms with E-state index >= 15 is 0 Å². The van der Waals surface area contributed by atoms with E-state index in [9.17, 15) is 9.18 Å². The molecule has 0 aliphatic carbocycles. The van der Waals surface area contributed by atoms with E-state index in [4.69, 9.17) is 0 Å². The Balaban J connectivity index is 1.44. The zero-order chi connectivity index (χ0) is 23.4. The van der Waals surface area contributed by atoms with Gasteiger partial charge in [-0.15, -0.1) is 0 Å². The third-order valence-electron chi connectivity index (χ3n) is 4.86. The van der Waals surface area contributed by atoms with Crippen molar-refractivity contribution in [2.45, 2.75) is 13.8 Å². The minimum Gasteiger partial charge on any atom is -0.354 e. The lowest BCUT2D eigenvalue weighted by Gasteiger charge is -2.10. The molecule has 0 aliphatic heterocycles. The Morgan fingerprint density at radius 2 is 1.70 bits per heavy atom. The molecule has 0 spiro atoms. The summed E-state index contributed by atoms with van der Waals surface area (Å²) in [7, 11) is 1.69. The molecule has 8 nitrogen and oxygen atoms in total. The van der Waals surface area contributed by atoms with Gasteiger partial charge in [-0.05, 0) is 68.4 Å². The average molecular weight is 446 g/mol. The highest BCUT2D eigenvalue weighted by Gasteiger charge is 2.15. The first-order chi connectivity index (χ1) is 15.9. The van der Waals surface area contributed by atoms with Gasteiger partial charge in [0.05, 0.1) is 5.69 Å². The molecule has 0 bridgehead atoms. The highest BCUT2D eigenvalue weighted by molar-refractivity contribution is 6.03. The third kappa shape index (κ3) is 5.32. The SMILES string of the molecule is CCNc1nc(C)cc(Nc2ccc(NC(=O)c3cc(-c4ccc(F)cc4)nn3C)cc2)n1. The van der Waals surface area contributed by atoms with Crippen LogP contribution in [-0.2, 0) is 7.05 Å². The minimum absolute atomic E-state index is 0.291. The maximum Gasteiger partial charge on any atom is 0.273 e. The van der Waals surface area contributed by atoms with Gasteiger partial charge in [-0.25, -0.2) is 9.37 Å². The molecule has 2 heterocycles. The topological polar surface area (TPSA) is 96.8 Å². The van der Waals surface area contributed by atoms with Crippen LogP contribution in [0.15, 0.2) is 60.7 Å². The van der Waals surface area contributed by atoms with Crippen LogP contribution in [0.3, 0.4) is 0 Å². The smallest absolute Gasteiger partial charge is 0.273 e. The molecule has 1 amide bonds. The fraction of sp³-hybridized carbons (Fsp3) is 0.167. The number of halogens is 1. The third-order valence-corrected chi connectivity index (χ3v) is 4.86. The predicted molar refractivity (Wildman–Crippen MR) is 127 cm³/mol. The van der Waals surface area contributed by atoms with Crippen molar-refractivity contribution in [3.63, 3.8) is 0 Å². The number of carbonyl (C=O) groups excluding carboxylic acids is 1. The number of carbonyl (C=O) groups is 1. The molecule has 0 saturated heterocycles. The zero-order valence-electron chi connectivity index (χ0n) is 18.6. The van der Waals surface area contributed by atoms with Crippen molar-refractivity contribution >= 4 is 29.0 Å². The summed E-state index contributed by atoms with van der Waals surface area (Å²) < 4.78 is 14.7. The van der Waals surface area contributed by atoms with Crippen molar-refractivity contribution in [2.24, 2.45) is 7.05 Å². The Morgan fingerprint density at radius 1 is 1.00 bits per heavy atom. The van der Waals surface area contributed by atoms with Crippen molar-refractivity contribution in [2.75, 3.05) is 22.5 Å². The van der Waals surface area contributed by atoms with Crippen LogP contribution in [0.25, 0.3) is 11.3 Å². The van der Waals surface area contributed by atoms with Crippen LogP contribution in [0.4, 0.5) is 27.5 Å². The molecule has 0 atom stereocenters. The summed E-state index contributed by atoms with van der Waals surface area (Å²) in [5, 5.41) is 13.6. The number of amides is 1. The number of benzene rings is 2. The predicted octanol–water partition coefficient (Wildman–Crippen LogP) is 4.75. The molecule has 0 radical (unpaired) electrons. The first kappa shape index (κ1) is 21.9. The molecule has 9 heteroatoms. The van der Waals surface area contributed by atoms with Crippen LogP contribution in [0.5, 0.6) is 0 Å². The van der Waals surface area contributed by atoms with Crippen LogP contribution < -0.4 is 16.0 Å². The first-order valence-electron chi connectivity index (χ1n) is 10.5. The molecule has 2 aromatic carbocycles. The van der Waals surface area contributed by atoms with E-state index in [0.717, 1.165) is 23.5 Å². The average Bonchev–Trinajstić information content (AvgIpc) is 3.17. The second kappa shape index (κ2) is 9.47. The second-order valence-corrected chi connectivity index (χ2v) is 7.45. The number of aryl methyl sites for hydroxylation is 2. The Hall–Kier alpha value is -4.27. The molecule has 3 N–H and O–H groups in total. The van der Waals surface area contributed by atoms with Crippen LogP contribution in [0, 0.1) is 12.7 Å². The van der Waals surface area contributed by atoms with Gasteiger partial charge in [0.2, 0.25) is 5.95 Å². The van der Waals surface area contributed by atoms with Crippen molar-refractivity contribution in [3.05, 3.63) is 77.9 Å². The van der Waals surface area contributed by atoms with E-state index in [1.54, 1.807) is 37.4 Å². The first-order valence-corrected chi connectivity index (χ1v) is 10.5. The molecule has 0 aliphatic rings. The maximum absolute atomic E-state index is 13.2. The zero-order valence-corrected chi connectivity index (χ0v) is 18.6. The van der Waals surface area contributed by atoms with Gasteiger partial charge < -0.3 is 16.0 Å². The molecule has 4 rings (SSSR count). The number of nitrogens with zero attached hydrogens (tertiary/aromatic N) is 4. The lowest BCUT2D eigenvalue weighted by molar-refractivity contribution is 0.101. The van der Waals surface area contributed by atoms with Gasteiger partial charge in [0.25, 0.3) is 5.91 Å². The molecular weight excluding hydrogens is 421 g/mol. The second-order valence-electron chi connectivity index (χ2n) is 7.45. The Morgan fingerprint density at radius 3 is 2.39 bits per heavy atom. The number of nitrogens with one attached hydrogen (secondary N) is 3. The molecule has 4 aromatic rings. The van der Waals surface area contributed by atoms with Crippen molar-refractivity contribution in [1.29, 1.82) is 0 Å². The fourth-order valence-electron chi connectivity index (χ4n) is 3.29. The number of aromatic nitrogens is 4. The fourth-order valence-corrected chi connectivity index (χ4v) is 3.29. The van der Waals surface area contributed by atoms with E-state index in [1.807, 2.05) is 32.0 Å². The van der Waals surface area contributed by atoms with Gasteiger partial charge in [0, 0.05) is 42.3 Å². The minimum atomic E-state index is -0.321. The monoisotopic (exact) mass is 445 g/mol. The van der Waals surface area contributed by atoms with Gasteiger partial charge in [0.15, 0.2) is 0 Å². The van der Waals surface area contributed by atoms with Crippen LogP contribution in [0.2, 0.25) is 0 Å². The number of rotatable bonds is 7. The van der Waals surface area contributed by atoms with Crippen molar-refractivity contribution < 1.29 is 9.18 Å². The molecular formula is C24H24FN7O. The lowest BCUT2D eigenvalue weighted by Crippen LogP contribution is -2.16. The van der Waals surface area contributed by atoms with Crippen LogP contribution in [-0.4, -0.2) is 32.2 Å². The quantitative estimate of drug-likeness (QED) is 0.380. The number of hydrogen-bond acceptors (Lipinski definition) is 6. The van der Waals surface area contributed by atoms with Gasteiger partial charge in [0.1, 0.15) is 17.3 Å². The highest BCUT2D eigenvalue weighted by atomic mass is 19.1. The van der Waals surface area contributed by atoms with Crippen molar-refractivity contribution in [3.8, 4) is 11.3 Å². The summed E-state index contributed by atoms with van der Waals surface area (Å²) in [6.45, 7) is 4.63. The lowest BCUT2D eigenvalue weighted by atomic mass is 10.1. The van der Waals surface area contributed by atoms with Gasteiger partial charge in [-0.3, -0.25) is 9.48 Å². The molecule has 168 valence electrons. The highest BCUT2D eigenvalue weighted by Crippen LogP contribution is 2.22. The normalized spacial score (nSPS) is 10.7. The van der Waals surface area contributed by atoms with E-state index in [-0.39, 0.29) is 11.7 Å². The van der Waals surface area contributed by atoms with Gasteiger partial charge in [-0.2, -0.15) is 10.1 Å². The van der Waals surface area contributed by atoms with Crippen molar-refractivity contribution in [1.82, 2.24) is 19.7 Å². The Labute approximate surface area is 190 Å². The summed E-state index contributed by atoms with van der Waals surface area (Å²) in [5.41, 5.74) is 4.04. The van der Waals surface area contributed by atoms with E-state index in [0.29, 0.717) is 28.8 Å². The maximum atomic E-state index is 13.2. The number of anilines is 4. The van der Waals surface area contributed by atoms with Gasteiger partial charge >= 0.3 is 0 Å². The Bertz CT molecular complexity index is 1270. The Kier molecular flexibility index (Phi) is 6.30. The van der Waals surface area contributed by atoms with Crippen LogP contribution >= 0.6 is 0 Å². The molecule has 33 heavy (non-hydrogen) atoms. The molecule has 0 saturated carbocycles. The summed E-state index contributed by atoms with van der Waals surface area (Å²) in [4.78, 5) is 21.6.